The summed E-state index contributed by atoms with van der Waals surface area (Å²) in [6.07, 6.45) is 2.39. The summed E-state index contributed by atoms with van der Waals surface area (Å²) in [5.74, 6) is -0.579. The summed E-state index contributed by atoms with van der Waals surface area (Å²) >= 11 is 1.55. The van der Waals surface area contributed by atoms with Crippen LogP contribution in [0.2, 0.25) is 0 Å². The summed E-state index contributed by atoms with van der Waals surface area (Å²) in [6.45, 7) is 2.66. The van der Waals surface area contributed by atoms with Gasteiger partial charge in [0, 0.05) is 30.3 Å². The maximum absolute atomic E-state index is 10.9. The van der Waals surface area contributed by atoms with Gasteiger partial charge in [0.25, 0.3) is 0 Å². The third kappa shape index (κ3) is 7.14. The predicted octanol–water partition coefficient (Wildman–Crippen LogP) is -0.913. The van der Waals surface area contributed by atoms with Crippen LogP contribution >= 0.6 is 11.8 Å². The standard InChI is InChI=1S/C22H24N2O3S.Na/c23-15-18-3-1-17(2-4-18)9-12-24-13-10-22(27,11-14-24)16-28-20-7-5-19(6-8-20)21(25)26;/h1-8,27H,9-14,16H2,(H,25,26);/q;+1/p-1. The van der Waals surface area contributed by atoms with E-state index in [0.29, 0.717) is 11.3 Å². The van der Waals surface area contributed by atoms with Crippen molar-refractivity contribution in [2.24, 2.45) is 0 Å². The number of likely N-dealkylation sites (tertiary alicyclic amines) is 1. The van der Waals surface area contributed by atoms with Crippen LogP contribution in [0, 0.1) is 11.3 Å². The van der Waals surface area contributed by atoms with E-state index in [-0.39, 0.29) is 35.1 Å². The van der Waals surface area contributed by atoms with Gasteiger partial charge in [0.1, 0.15) is 0 Å². The molecule has 0 unspecified atom stereocenters. The third-order valence-electron chi connectivity index (χ3n) is 5.18. The van der Waals surface area contributed by atoms with Crippen molar-refractivity contribution in [3.63, 3.8) is 0 Å². The molecule has 0 amide bonds. The zero-order chi connectivity index (χ0) is 20.0. The Morgan fingerprint density at radius 3 is 2.31 bits per heavy atom. The monoisotopic (exact) mass is 418 g/mol. The van der Waals surface area contributed by atoms with Crippen molar-refractivity contribution < 1.29 is 44.6 Å². The van der Waals surface area contributed by atoms with Gasteiger partial charge in [-0.1, -0.05) is 24.3 Å². The zero-order valence-electron chi connectivity index (χ0n) is 16.6. The average molecular weight is 418 g/mol. The second-order valence-corrected chi connectivity index (χ2v) is 8.27. The van der Waals surface area contributed by atoms with Crippen molar-refractivity contribution in [3.05, 3.63) is 65.2 Å². The van der Waals surface area contributed by atoms with E-state index in [1.165, 1.54) is 17.7 Å². The summed E-state index contributed by atoms with van der Waals surface area (Å²) in [7, 11) is 0. The molecule has 0 bridgehead atoms. The molecule has 0 saturated carbocycles. The normalized spacial score (nSPS) is 15.9. The van der Waals surface area contributed by atoms with Crippen LogP contribution in [0.15, 0.2) is 53.4 Å². The number of hydrogen-bond acceptors (Lipinski definition) is 6. The topological polar surface area (TPSA) is 87.4 Å². The molecule has 0 aliphatic carbocycles. The van der Waals surface area contributed by atoms with Crippen molar-refractivity contribution in [3.8, 4) is 6.07 Å². The second-order valence-electron chi connectivity index (χ2n) is 7.23. The first-order valence-corrected chi connectivity index (χ1v) is 10.3. The largest absolute Gasteiger partial charge is 1.00 e. The van der Waals surface area contributed by atoms with Crippen molar-refractivity contribution in [1.82, 2.24) is 4.90 Å². The van der Waals surface area contributed by atoms with Gasteiger partial charge in [-0.2, -0.15) is 5.26 Å². The number of rotatable bonds is 7. The summed E-state index contributed by atoms with van der Waals surface area (Å²) < 4.78 is 0. The molecule has 5 nitrogen and oxygen atoms in total. The number of carboxylic acid groups (broad SMARTS) is 1. The Morgan fingerprint density at radius 1 is 1.14 bits per heavy atom. The van der Waals surface area contributed by atoms with E-state index in [1.807, 2.05) is 24.3 Å². The Hall–Kier alpha value is -1.33. The first-order valence-electron chi connectivity index (χ1n) is 9.35. The number of carboxylic acids is 1. The summed E-state index contributed by atoms with van der Waals surface area (Å²) in [6, 6.07) is 16.4. The fraction of sp³-hybridized carbons (Fsp3) is 0.364. The molecular formula is C22H23N2NaO3S. The van der Waals surface area contributed by atoms with Gasteiger partial charge in [0.05, 0.1) is 23.2 Å². The summed E-state index contributed by atoms with van der Waals surface area (Å²) in [4.78, 5) is 14.1. The molecule has 1 fully saturated rings. The van der Waals surface area contributed by atoms with E-state index in [1.54, 1.807) is 23.9 Å². The van der Waals surface area contributed by atoms with Crippen LogP contribution in [0.4, 0.5) is 0 Å². The van der Waals surface area contributed by atoms with Crippen LogP contribution in [0.25, 0.3) is 0 Å². The van der Waals surface area contributed by atoms with Crippen molar-refractivity contribution in [2.45, 2.75) is 29.8 Å². The minimum absolute atomic E-state index is 0. The Balaban J connectivity index is 0.00000300. The van der Waals surface area contributed by atoms with Gasteiger partial charge in [-0.05, 0) is 54.7 Å². The predicted molar refractivity (Wildman–Crippen MR) is 107 cm³/mol. The molecule has 1 heterocycles. The molecule has 2 aromatic carbocycles. The van der Waals surface area contributed by atoms with E-state index in [0.717, 1.165) is 43.8 Å². The molecule has 2 aromatic rings. The molecule has 0 aromatic heterocycles. The molecule has 1 aliphatic rings. The Labute approximate surface area is 198 Å². The maximum atomic E-state index is 10.9. The number of aromatic carboxylic acids is 1. The third-order valence-corrected chi connectivity index (χ3v) is 6.47. The van der Waals surface area contributed by atoms with Gasteiger partial charge >= 0.3 is 29.6 Å². The number of piperidine rings is 1. The molecule has 1 N–H and O–H groups in total. The molecule has 29 heavy (non-hydrogen) atoms. The van der Waals surface area contributed by atoms with E-state index < -0.39 is 11.6 Å². The van der Waals surface area contributed by atoms with Crippen LogP contribution in [0.1, 0.15) is 34.3 Å². The zero-order valence-corrected chi connectivity index (χ0v) is 19.5. The number of carbonyl (C=O) groups is 1. The van der Waals surface area contributed by atoms with E-state index in [4.69, 9.17) is 5.26 Å². The quantitative estimate of drug-likeness (QED) is 0.463. The molecule has 3 rings (SSSR count). The van der Waals surface area contributed by atoms with Gasteiger partial charge in [-0.15, -0.1) is 11.8 Å². The van der Waals surface area contributed by atoms with Crippen molar-refractivity contribution in [2.75, 3.05) is 25.4 Å². The fourth-order valence-corrected chi connectivity index (χ4v) is 4.33. The fourth-order valence-electron chi connectivity index (χ4n) is 3.28. The van der Waals surface area contributed by atoms with E-state index in [9.17, 15) is 15.0 Å². The SMILES string of the molecule is N#Cc1ccc(CCN2CCC(O)(CSc3ccc(C(=O)[O-])cc3)CC2)cc1.[Na+]. The van der Waals surface area contributed by atoms with E-state index >= 15 is 0 Å². The van der Waals surface area contributed by atoms with Crippen LogP contribution < -0.4 is 34.7 Å². The number of nitriles is 1. The van der Waals surface area contributed by atoms with Crippen LogP contribution in [0.3, 0.4) is 0 Å². The van der Waals surface area contributed by atoms with Crippen molar-refractivity contribution in [1.29, 1.82) is 5.26 Å². The molecule has 0 radical (unpaired) electrons. The maximum Gasteiger partial charge on any atom is 1.00 e. The first kappa shape index (κ1) is 23.9. The summed E-state index contributed by atoms with van der Waals surface area (Å²) in [5.41, 5.74) is 1.37. The molecular weight excluding hydrogens is 395 g/mol. The van der Waals surface area contributed by atoms with Gasteiger partial charge in [0.15, 0.2) is 0 Å². The number of aliphatic hydroxyl groups is 1. The smallest absolute Gasteiger partial charge is 0.545 e. The van der Waals surface area contributed by atoms with Crippen LogP contribution in [-0.2, 0) is 6.42 Å². The number of thioether (sulfide) groups is 1. The van der Waals surface area contributed by atoms with Gasteiger partial charge in [-0.3, -0.25) is 0 Å². The molecule has 146 valence electrons. The van der Waals surface area contributed by atoms with Gasteiger partial charge in [0.2, 0.25) is 0 Å². The molecule has 0 spiro atoms. The average Bonchev–Trinajstić information content (AvgIpc) is 2.73. The van der Waals surface area contributed by atoms with Crippen LogP contribution in [0.5, 0.6) is 0 Å². The minimum Gasteiger partial charge on any atom is -0.545 e. The number of carbonyl (C=O) groups excluding carboxylic acids is 1. The summed E-state index contributed by atoms with van der Waals surface area (Å²) in [5, 5.41) is 30.5. The first-order chi connectivity index (χ1) is 13.5. The van der Waals surface area contributed by atoms with Gasteiger partial charge < -0.3 is 19.9 Å². The Morgan fingerprint density at radius 2 is 1.76 bits per heavy atom. The van der Waals surface area contributed by atoms with Gasteiger partial charge in [-0.25, -0.2) is 0 Å². The number of hydrogen-bond donors (Lipinski definition) is 1. The number of nitrogens with zero attached hydrogens (tertiary/aromatic N) is 2. The minimum atomic E-state index is -1.18. The molecule has 7 heteroatoms. The molecule has 0 atom stereocenters. The van der Waals surface area contributed by atoms with E-state index in [2.05, 4.69) is 11.0 Å². The molecule has 1 saturated heterocycles. The molecule has 1 aliphatic heterocycles. The second kappa shape index (κ2) is 11.2. The number of benzene rings is 2. The van der Waals surface area contributed by atoms with Crippen molar-refractivity contribution >= 4 is 17.7 Å². The van der Waals surface area contributed by atoms with Crippen LogP contribution in [-0.4, -0.2) is 47.0 Å². The Kier molecular flexibility index (Phi) is 9.22. The Bertz CT molecular complexity index is 842.